The molecular formula is C72H53NO3. The summed E-state index contributed by atoms with van der Waals surface area (Å²) in [5, 5.41) is 7.00. The van der Waals surface area contributed by atoms with Crippen molar-refractivity contribution in [1.82, 2.24) is 0 Å². The Labute approximate surface area is 440 Å². The van der Waals surface area contributed by atoms with Gasteiger partial charge in [-0.25, -0.2) is 0 Å². The molecule has 0 atom stereocenters. The van der Waals surface area contributed by atoms with E-state index >= 15 is 0 Å². The van der Waals surface area contributed by atoms with E-state index in [2.05, 4.69) is 236 Å². The van der Waals surface area contributed by atoms with E-state index in [4.69, 9.17) is 13.3 Å². The minimum absolute atomic E-state index is 0.190. The van der Waals surface area contributed by atoms with E-state index in [0.29, 0.717) is 0 Å². The van der Waals surface area contributed by atoms with Crippen LogP contribution < -0.4 is 4.90 Å². The number of anilines is 3. The van der Waals surface area contributed by atoms with Crippen molar-refractivity contribution >= 4 is 82.9 Å². The highest BCUT2D eigenvalue weighted by molar-refractivity contribution is 6.17. The maximum Gasteiger partial charge on any atom is 0.137 e. The Morgan fingerprint density at radius 2 is 0.632 bits per heavy atom. The molecule has 3 heterocycles. The van der Waals surface area contributed by atoms with E-state index in [1.54, 1.807) is 0 Å². The highest BCUT2D eigenvalue weighted by Crippen LogP contribution is 2.61. The van der Waals surface area contributed by atoms with Gasteiger partial charge in [0.25, 0.3) is 0 Å². The first-order valence-corrected chi connectivity index (χ1v) is 27.0. The Kier molecular flexibility index (Phi) is 7.76. The fraction of sp³-hybridized carbons (Fsp3) is 0.167. The molecule has 0 saturated carbocycles. The van der Waals surface area contributed by atoms with Gasteiger partial charge in [-0.1, -0.05) is 140 Å². The molecule has 10 aromatic carbocycles. The Hall–Kier alpha value is -8.60. The van der Waals surface area contributed by atoms with Gasteiger partial charge in [0, 0.05) is 60.0 Å². The average molecular weight is 980 g/mol. The number of para-hydroxylation sites is 3. The molecule has 13 aromatic rings. The van der Waals surface area contributed by atoms with Crippen molar-refractivity contribution in [1.29, 1.82) is 0 Å². The summed E-state index contributed by atoms with van der Waals surface area (Å²) in [7, 11) is 0. The number of benzene rings is 10. The molecule has 4 aliphatic carbocycles. The standard InChI is InChI=1S/C72H53NO3/c1-69(2)49-28-30-62-67(43-17-10-13-21-59(43)75-62)64(49)47-36-53-45(34-55(47)69)40-26-24-38(32-51(40)71(53,5)6)73(57-19-15-23-61-66(57)42-16-9-12-20-58(42)74-61)39-25-27-41-46-35-56-48(37-54(46)72(7,8)52(41)33-39)65-50(70(56,3)4)29-31-63-68(65)44-18-11-14-22-60(44)76-63/h9-37H,1-8H3. The molecular weight excluding hydrogens is 927 g/mol. The van der Waals surface area contributed by atoms with Crippen LogP contribution in [0.4, 0.5) is 17.1 Å². The molecule has 17 rings (SSSR count). The molecule has 0 bridgehead atoms. The summed E-state index contributed by atoms with van der Waals surface area (Å²) in [5.74, 6) is 0. The van der Waals surface area contributed by atoms with Crippen LogP contribution in [0.5, 0.6) is 0 Å². The van der Waals surface area contributed by atoms with Crippen LogP contribution in [0.2, 0.25) is 0 Å². The molecule has 0 radical (unpaired) electrons. The Bertz CT molecular complexity index is 4580. The van der Waals surface area contributed by atoms with Gasteiger partial charge >= 0.3 is 0 Å². The molecule has 4 heteroatoms. The number of hydrogen-bond donors (Lipinski definition) is 0. The Balaban J connectivity index is 0.844. The predicted molar refractivity (Wildman–Crippen MR) is 313 cm³/mol. The van der Waals surface area contributed by atoms with Crippen LogP contribution in [0.1, 0.15) is 99.9 Å². The van der Waals surface area contributed by atoms with E-state index in [9.17, 15) is 0 Å². The zero-order chi connectivity index (χ0) is 51.1. The fourth-order valence-electron chi connectivity index (χ4n) is 15.2. The summed E-state index contributed by atoms with van der Waals surface area (Å²) in [6.45, 7) is 19.2. The minimum atomic E-state index is -0.294. The van der Waals surface area contributed by atoms with Gasteiger partial charge in [0.1, 0.15) is 33.5 Å². The Morgan fingerprint density at radius 1 is 0.276 bits per heavy atom. The van der Waals surface area contributed by atoms with Crippen molar-refractivity contribution in [2.24, 2.45) is 0 Å². The quantitative estimate of drug-likeness (QED) is 0.177. The minimum Gasteiger partial charge on any atom is -0.456 e. The third-order valence-electron chi connectivity index (χ3n) is 19.1. The normalized spacial score (nSPS) is 16.3. The molecule has 0 aliphatic heterocycles. The fourth-order valence-corrected chi connectivity index (χ4v) is 15.2. The van der Waals surface area contributed by atoms with Gasteiger partial charge in [-0.2, -0.15) is 0 Å². The number of fused-ring (bicyclic) bond motifs is 23. The van der Waals surface area contributed by atoms with E-state index in [1.807, 2.05) is 0 Å². The first-order chi connectivity index (χ1) is 36.7. The largest absolute Gasteiger partial charge is 0.456 e. The van der Waals surface area contributed by atoms with Gasteiger partial charge in [0.2, 0.25) is 0 Å². The summed E-state index contributed by atoms with van der Waals surface area (Å²) < 4.78 is 19.6. The lowest BCUT2D eigenvalue weighted by Gasteiger charge is -2.30. The topological polar surface area (TPSA) is 42.7 Å². The van der Waals surface area contributed by atoms with Crippen molar-refractivity contribution in [2.45, 2.75) is 77.0 Å². The third kappa shape index (κ3) is 5.11. The lowest BCUT2D eigenvalue weighted by molar-refractivity contribution is 0.650. The second-order valence-corrected chi connectivity index (χ2v) is 24.3. The number of nitrogens with zero attached hydrogens (tertiary/aromatic N) is 1. The van der Waals surface area contributed by atoms with Crippen molar-refractivity contribution in [3.63, 3.8) is 0 Å². The second-order valence-electron chi connectivity index (χ2n) is 24.3. The van der Waals surface area contributed by atoms with Crippen molar-refractivity contribution in [3.8, 4) is 44.5 Å². The Morgan fingerprint density at radius 3 is 1.09 bits per heavy atom. The maximum absolute atomic E-state index is 6.63. The monoisotopic (exact) mass is 979 g/mol. The number of rotatable bonds is 3. The lowest BCUT2D eigenvalue weighted by atomic mass is 9.79. The van der Waals surface area contributed by atoms with Gasteiger partial charge < -0.3 is 18.2 Å². The van der Waals surface area contributed by atoms with Crippen LogP contribution in [0, 0.1) is 0 Å². The summed E-state index contributed by atoms with van der Waals surface area (Å²) in [4.78, 5) is 2.50. The zero-order valence-corrected chi connectivity index (χ0v) is 43.9. The summed E-state index contributed by atoms with van der Waals surface area (Å²) in [6, 6.07) is 65.6. The zero-order valence-electron chi connectivity index (χ0n) is 43.9. The van der Waals surface area contributed by atoms with E-state index in [-0.39, 0.29) is 21.7 Å². The second kappa shape index (κ2) is 13.8. The van der Waals surface area contributed by atoms with Gasteiger partial charge in [0.15, 0.2) is 0 Å². The molecule has 76 heavy (non-hydrogen) atoms. The van der Waals surface area contributed by atoms with Crippen molar-refractivity contribution < 1.29 is 13.3 Å². The highest BCUT2D eigenvalue weighted by Gasteiger charge is 2.45. The molecule has 3 aromatic heterocycles. The molecule has 0 N–H and O–H groups in total. The van der Waals surface area contributed by atoms with Gasteiger partial charge in [-0.3, -0.25) is 0 Å². The molecule has 364 valence electrons. The molecule has 4 nitrogen and oxygen atoms in total. The van der Waals surface area contributed by atoms with Gasteiger partial charge in [-0.15, -0.1) is 0 Å². The van der Waals surface area contributed by atoms with Gasteiger partial charge in [0.05, 0.1) is 11.1 Å². The smallest absolute Gasteiger partial charge is 0.137 e. The molecule has 0 fully saturated rings. The summed E-state index contributed by atoms with van der Waals surface area (Å²) in [5.41, 5.74) is 29.2. The maximum atomic E-state index is 6.63. The van der Waals surface area contributed by atoms with Crippen LogP contribution in [0.25, 0.3) is 110 Å². The SMILES string of the molecule is CC1(C)c2cc(N(c3ccc4c(c3)C(C)(C)c3cc5c(cc3-4)C(C)(C)c3ccc4oc6ccccc6c4c3-5)c3cccc4oc5ccccc5c34)ccc2-c2cc3c(cc21)-c1c(ccc2oc4ccccc4c12)C3(C)C. The van der Waals surface area contributed by atoms with Gasteiger partial charge in [-0.05, 0) is 180 Å². The van der Waals surface area contributed by atoms with Crippen molar-refractivity contribution in [2.75, 3.05) is 4.90 Å². The summed E-state index contributed by atoms with van der Waals surface area (Å²) in [6.07, 6.45) is 0. The third-order valence-corrected chi connectivity index (χ3v) is 19.1. The predicted octanol–water partition coefficient (Wildman–Crippen LogP) is 20.1. The van der Waals surface area contributed by atoms with Crippen LogP contribution in [0.3, 0.4) is 0 Å². The summed E-state index contributed by atoms with van der Waals surface area (Å²) >= 11 is 0. The lowest BCUT2D eigenvalue weighted by Crippen LogP contribution is -2.18. The van der Waals surface area contributed by atoms with Crippen LogP contribution in [-0.2, 0) is 21.7 Å². The van der Waals surface area contributed by atoms with Crippen LogP contribution >= 0.6 is 0 Å². The molecule has 0 unspecified atom stereocenters. The molecule has 4 aliphatic rings. The first-order valence-electron chi connectivity index (χ1n) is 27.0. The highest BCUT2D eigenvalue weighted by atomic mass is 16.3. The van der Waals surface area contributed by atoms with Crippen LogP contribution in [-0.4, -0.2) is 0 Å². The first kappa shape index (κ1) is 42.7. The van der Waals surface area contributed by atoms with Crippen LogP contribution in [0.15, 0.2) is 189 Å². The molecule has 0 spiro atoms. The van der Waals surface area contributed by atoms with E-state index in [0.717, 1.165) is 61.3 Å². The van der Waals surface area contributed by atoms with E-state index < -0.39 is 0 Å². The molecule has 0 amide bonds. The van der Waals surface area contributed by atoms with E-state index in [1.165, 1.54) is 111 Å². The number of hydrogen-bond acceptors (Lipinski definition) is 4. The number of furan rings is 3. The van der Waals surface area contributed by atoms with Crippen molar-refractivity contribution in [3.05, 3.63) is 220 Å². The molecule has 0 saturated heterocycles. The average Bonchev–Trinajstić information content (AvgIpc) is 4.41.